The van der Waals surface area contributed by atoms with E-state index in [1.54, 1.807) is 0 Å². The summed E-state index contributed by atoms with van der Waals surface area (Å²) in [5, 5.41) is 0.817. The molecule has 0 amide bonds. The number of aryl methyl sites for hydroxylation is 1. The van der Waals surface area contributed by atoms with E-state index in [9.17, 15) is 0 Å². The molecule has 0 spiro atoms. The third-order valence-corrected chi connectivity index (χ3v) is 2.28. The van der Waals surface area contributed by atoms with Crippen LogP contribution in [0.4, 0.5) is 0 Å². The predicted molar refractivity (Wildman–Crippen MR) is 51.5 cm³/mol. The highest BCUT2D eigenvalue weighted by Gasteiger charge is 2.05. The minimum absolute atomic E-state index is 0.817. The van der Waals surface area contributed by atoms with E-state index in [2.05, 4.69) is 18.7 Å². The van der Waals surface area contributed by atoms with Crippen LogP contribution in [0, 0.1) is 6.92 Å². The van der Waals surface area contributed by atoms with Crippen LogP contribution in [0.2, 0.25) is 5.02 Å². The SMILES string of the molecule is Cc1ccc(Cl)cc1CC1=C=C1. The van der Waals surface area contributed by atoms with Crippen LogP contribution in [0.5, 0.6) is 0 Å². The summed E-state index contributed by atoms with van der Waals surface area (Å²) in [6.45, 7) is 2.11. The van der Waals surface area contributed by atoms with Crippen molar-refractivity contribution in [3.8, 4) is 0 Å². The number of allylic oxidation sites excluding steroid dienone is 1. The van der Waals surface area contributed by atoms with E-state index in [1.165, 1.54) is 16.7 Å². The van der Waals surface area contributed by atoms with Crippen molar-refractivity contribution in [1.82, 2.24) is 0 Å². The third kappa shape index (κ3) is 1.61. The van der Waals surface area contributed by atoms with Crippen molar-refractivity contribution < 1.29 is 0 Å². The summed E-state index contributed by atoms with van der Waals surface area (Å²) >= 11 is 5.88. The summed E-state index contributed by atoms with van der Waals surface area (Å²) < 4.78 is 0. The molecular formula is C11H9Cl. The Balaban J connectivity index is 2.27. The summed E-state index contributed by atoms with van der Waals surface area (Å²) in [5.41, 5.74) is 6.97. The van der Waals surface area contributed by atoms with Gasteiger partial charge in [-0.3, -0.25) is 0 Å². The number of rotatable bonds is 2. The Bertz CT molecular complexity index is 382. The number of benzene rings is 1. The molecule has 0 atom stereocenters. The van der Waals surface area contributed by atoms with Gasteiger partial charge >= 0.3 is 0 Å². The van der Waals surface area contributed by atoms with Crippen molar-refractivity contribution in [2.24, 2.45) is 0 Å². The molecule has 0 N–H and O–H groups in total. The van der Waals surface area contributed by atoms with Crippen LogP contribution < -0.4 is 0 Å². The lowest BCUT2D eigenvalue weighted by molar-refractivity contribution is 1.19. The molecule has 1 aliphatic carbocycles. The zero-order valence-corrected chi connectivity index (χ0v) is 7.65. The number of hydrogen-bond acceptors (Lipinski definition) is 0. The maximum atomic E-state index is 5.88. The van der Waals surface area contributed by atoms with Crippen LogP contribution in [-0.4, -0.2) is 0 Å². The topological polar surface area (TPSA) is 0 Å². The summed E-state index contributed by atoms with van der Waals surface area (Å²) in [5.74, 6) is 0. The van der Waals surface area contributed by atoms with Gasteiger partial charge in [-0.2, -0.15) is 0 Å². The van der Waals surface area contributed by atoms with Crippen LogP contribution in [0.25, 0.3) is 0 Å². The van der Waals surface area contributed by atoms with Crippen LogP contribution in [0.3, 0.4) is 0 Å². The van der Waals surface area contributed by atoms with Crippen LogP contribution in [0.15, 0.2) is 35.6 Å². The Labute approximate surface area is 77.2 Å². The van der Waals surface area contributed by atoms with Crippen molar-refractivity contribution in [3.05, 3.63) is 51.7 Å². The lowest BCUT2D eigenvalue weighted by atomic mass is 10.0. The van der Waals surface area contributed by atoms with Crippen molar-refractivity contribution in [3.63, 3.8) is 0 Å². The Morgan fingerprint density at radius 2 is 2.17 bits per heavy atom. The Morgan fingerprint density at radius 1 is 1.42 bits per heavy atom. The van der Waals surface area contributed by atoms with Gasteiger partial charge in [-0.1, -0.05) is 17.7 Å². The second kappa shape index (κ2) is 2.82. The lowest BCUT2D eigenvalue weighted by Crippen LogP contribution is -1.87. The van der Waals surface area contributed by atoms with Gasteiger partial charge in [0.1, 0.15) is 0 Å². The highest BCUT2D eigenvalue weighted by molar-refractivity contribution is 6.30. The van der Waals surface area contributed by atoms with Gasteiger partial charge in [-0.15, -0.1) is 5.73 Å². The minimum Gasteiger partial charge on any atom is -0.115 e. The zero-order chi connectivity index (χ0) is 8.55. The summed E-state index contributed by atoms with van der Waals surface area (Å²) in [4.78, 5) is 0. The van der Waals surface area contributed by atoms with E-state index in [0.29, 0.717) is 0 Å². The molecule has 0 nitrogen and oxygen atoms in total. The first-order valence-corrected chi connectivity index (χ1v) is 4.34. The highest BCUT2D eigenvalue weighted by Crippen LogP contribution is 2.21. The molecule has 1 aromatic carbocycles. The largest absolute Gasteiger partial charge is 0.115 e. The van der Waals surface area contributed by atoms with Crippen molar-refractivity contribution in [2.75, 3.05) is 0 Å². The van der Waals surface area contributed by atoms with E-state index in [4.69, 9.17) is 11.6 Å². The maximum absolute atomic E-state index is 5.88. The molecule has 0 aliphatic heterocycles. The molecular weight excluding hydrogens is 168 g/mol. The molecule has 0 aromatic heterocycles. The van der Waals surface area contributed by atoms with E-state index in [0.717, 1.165) is 11.4 Å². The van der Waals surface area contributed by atoms with Gasteiger partial charge < -0.3 is 0 Å². The first-order chi connectivity index (χ1) is 5.75. The normalized spacial score (nSPS) is 13.0. The van der Waals surface area contributed by atoms with Gasteiger partial charge in [0.25, 0.3) is 0 Å². The first kappa shape index (κ1) is 7.67. The van der Waals surface area contributed by atoms with Crippen molar-refractivity contribution >= 4 is 11.6 Å². The zero-order valence-electron chi connectivity index (χ0n) is 6.89. The highest BCUT2D eigenvalue weighted by atomic mass is 35.5. The van der Waals surface area contributed by atoms with Gasteiger partial charge in [-0.25, -0.2) is 0 Å². The standard InChI is InChI=1S/C11H9Cl/c1-8-2-5-11(12)7-10(8)6-9-3-4-9/h2-3,5,7H,6H2,1H3. The van der Waals surface area contributed by atoms with Gasteiger partial charge in [0.05, 0.1) is 0 Å². The Hall–Kier alpha value is -0.970. The summed E-state index contributed by atoms with van der Waals surface area (Å²) in [6, 6.07) is 6.01. The number of hydrogen-bond donors (Lipinski definition) is 0. The quantitative estimate of drug-likeness (QED) is 0.607. The fraction of sp³-hybridized carbons (Fsp3) is 0.182. The van der Waals surface area contributed by atoms with Gasteiger partial charge in [0.2, 0.25) is 0 Å². The second-order valence-electron chi connectivity index (χ2n) is 3.06. The van der Waals surface area contributed by atoms with Gasteiger partial charge in [0, 0.05) is 17.0 Å². The predicted octanol–water partition coefficient (Wildman–Crippen LogP) is 3.29. The van der Waals surface area contributed by atoms with Crippen LogP contribution >= 0.6 is 11.6 Å². The molecule has 0 radical (unpaired) electrons. The molecule has 1 aliphatic rings. The molecule has 12 heavy (non-hydrogen) atoms. The average Bonchev–Trinajstić information content (AvgIpc) is 2.81. The fourth-order valence-corrected chi connectivity index (χ4v) is 1.38. The van der Waals surface area contributed by atoms with Crippen LogP contribution in [0.1, 0.15) is 11.1 Å². The van der Waals surface area contributed by atoms with Crippen LogP contribution in [-0.2, 0) is 6.42 Å². The van der Waals surface area contributed by atoms with E-state index < -0.39 is 0 Å². The fourth-order valence-electron chi connectivity index (χ4n) is 1.19. The first-order valence-electron chi connectivity index (χ1n) is 3.96. The molecule has 0 saturated heterocycles. The smallest absolute Gasteiger partial charge is 0.0409 e. The minimum atomic E-state index is 0.817. The summed E-state index contributed by atoms with van der Waals surface area (Å²) in [6.07, 6.45) is 2.99. The molecule has 0 heterocycles. The molecule has 1 heteroatoms. The monoisotopic (exact) mass is 176 g/mol. The second-order valence-corrected chi connectivity index (χ2v) is 3.50. The molecule has 0 saturated carbocycles. The third-order valence-electron chi connectivity index (χ3n) is 2.04. The van der Waals surface area contributed by atoms with E-state index >= 15 is 0 Å². The summed E-state index contributed by atoms with van der Waals surface area (Å²) in [7, 11) is 0. The molecule has 0 fully saturated rings. The van der Waals surface area contributed by atoms with Crippen molar-refractivity contribution in [1.29, 1.82) is 0 Å². The molecule has 0 bridgehead atoms. The molecule has 60 valence electrons. The van der Waals surface area contributed by atoms with E-state index in [-0.39, 0.29) is 0 Å². The Kier molecular flexibility index (Phi) is 1.80. The molecule has 2 rings (SSSR count). The Morgan fingerprint density at radius 3 is 2.83 bits per heavy atom. The maximum Gasteiger partial charge on any atom is 0.0409 e. The molecule has 1 aromatic rings. The average molecular weight is 177 g/mol. The number of halogens is 1. The van der Waals surface area contributed by atoms with E-state index in [1.807, 2.05) is 18.2 Å². The molecule has 0 unspecified atom stereocenters. The van der Waals surface area contributed by atoms with Crippen molar-refractivity contribution in [2.45, 2.75) is 13.3 Å². The van der Waals surface area contributed by atoms with Gasteiger partial charge in [-0.05, 0) is 36.3 Å². The van der Waals surface area contributed by atoms with Gasteiger partial charge in [0.15, 0.2) is 0 Å². The lowest BCUT2D eigenvalue weighted by Gasteiger charge is -2.02.